The van der Waals surface area contributed by atoms with Crippen molar-refractivity contribution in [2.45, 2.75) is 38.2 Å². The Morgan fingerprint density at radius 1 is 1.38 bits per heavy atom. The van der Waals surface area contributed by atoms with Gasteiger partial charge in [-0.05, 0) is 18.8 Å². The normalized spacial score (nSPS) is 21.3. The monoisotopic (exact) mass is 184 g/mol. The molecule has 0 bridgehead atoms. The summed E-state index contributed by atoms with van der Waals surface area (Å²) < 4.78 is 5.23. The number of aliphatic hydroxyl groups excluding tert-OH is 1. The highest BCUT2D eigenvalue weighted by atomic mass is 16.5. The van der Waals surface area contributed by atoms with Crippen LogP contribution in [-0.2, 0) is 4.74 Å². The average Bonchev–Trinajstić information content (AvgIpc) is 2.19. The van der Waals surface area contributed by atoms with E-state index in [1.165, 1.54) is 32.1 Å². The molecule has 0 aromatic rings. The minimum absolute atomic E-state index is 0.264. The highest BCUT2D eigenvalue weighted by Crippen LogP contribution is 2.26. The first-order valence-corrected chi connectivity index (χ1v) is 5.21. The molecular formula is C11H20O2. The molecule has 0 amide bonds. The first kappa shape index (κ1) is 10.7. The molecule has 0 aliphatic heterocycles. The fraction of sp³-hybridized carbons (Fsp3) is 0.818. The second-order valence-corrected chi connectivity index (χ2v) is 3.79. The summed E-state index contributed by atoms with van der Waals surface area (Å²) in [6.45, 7) is 4.58. The van der Waals surface area contributed by atoms with Crippen LogP contribution in [0.3, 0.4) is 0 Å². The van der Waals surface area contributed by atoms with E-state index in [0.29, 0.717) is 19.1 Å². The number of ether oxygens (including phenoxy) is 1. The molecular weight excluding hydrogens is 164 g/mol. The van der Waals surface area contributed by atoms with Crippen molar-refractivity contribution >= 4 is 0 Å². The molecule has 0 heterocycles. The van der Waals surface area contributed by atoms with E-state index in [2.05, 4.69) is 6.58 Å². The zero-order chi connectivity index (χ0) is 9.52. The lowest BCUT2D eigenvalue weighted by Gasteiger charge is -2.26. The molecule has 0 radical (unpaired) electrons. The van der Waals surface area contributed by atoms with Crippen LogP contribution in [0.25, 0.3) is 0 Å². The van der Waals surface area contributed by atoms with Crippen molar-refractivity contribution in [3.05, 3.63) is 12.7 Å². The van der Waals surface area contributed by atoms with Crippen molar-refractivity contribution in [1.29, 1.82) is 0 Å². The van der Waals surface area contributed by atoms with Gasteiger partial charge in [-0.2, -0.15) is 0 Å². The molecule has 1 saturated carbocycles. The molecule has 2 nitrogen and oxygen atoms in total. The molecule has 1 fully saturated rings. The fourth-order valence-electron chi connectivity index (χ4n) is 1.93. The molecule has 0 spiro atoms. The quantitative estimate of drug-likeness (QED) is 0.524. The Labute approximate surface area is 80.6 Å². The van der Waals surface area contributed by atoms with Crippen molar-refractivity contribution in [3.8, 4) is 0 Å². The van der Waals surface area contributed by atoms with E-state index in [4.69, 9.17) is 4.74 Å². The Morgan fingerprint density at radius 2 is 2.08 bits per heavy atom. The zero-order valence-electron chi connectivity index (χ0n) is 8.24. The molecule has 0 aromatic heterocycles. The summed E-state index contributed by atoms with van der Waals surface area (Å²) in [5, 5.41) is 9.74. The largest absolute Gasteiger partial charge is 0.390 e. The van der Waals surface area contributed by atoms with E-state index in [1.54, 1.807) is 6.08 Å². The minimum Gasteiger partial charge on any atom is -0.390 e. The molecule has 1 aliphatic rings. The molecule has 1 rings (SSSR count). The molecule has 1 N–H and O–H groups in total. The Hall–Kier alpha value is -0.340. The lowest BCUT2D eigenvalue weighted by atomic mass is 9.85. The SMILES string of the molecule is C=CCOCC(O)C1CCCCC1. The van der Waals surface area contributed by atoms with E-state index < -0.39 is 0 Å². The van der Waals surface area contributed by atoms with Gasteiger partial charge < -0.3 is 9.84 Å². The van der Waals surface area contributed by atoms with Crippen LogP contribution in [-0.4, -0.2) is 24.4 Å². The molecule has 13 heavy (non-hydrogen) atoms. The van der Waals surface area contributed by atoms with Crippen LogP contribution in [0.4, 0.5) is 0 Å². The second-order valence-electron chi connectivity index (χ2n) is 3.79. The summed E-state index contributed by atoms with van der Waals surface area (Å²) >= 11 is 0. The van der Waals surface area contributed by atoms with Crippen LogP contribution in [0.5, 0.6) is 0 Å². The van der Waals surface area contributed by atoms with Crippen LogP contribution in [0, 0.1) is 5.92 Å². The van der Waals surface area contributed by atoms with Gasteiger partial charge in [0.05, 0.1) is 19.3 Å². The van der Waals surface area contributed by atoms with Gasteiger partial charge in [-0.25, -0.2) is 0 Å². The number of aliphatic hydroxyl groups is 1. The summed E-state index contributed by atoms with van der Waals surface area (Å²) in [6.07, 6.45) is 7.65. The van der Waals surface area contributed by atoms with Crippen molar-refractivity contribution < 1.29 is 9.84 Å². The van der Waals surface area contributed by atoms with Crippen molar-refractivity contribution in [1.82, 2.24) is 0 Å². The Bertz CT molecular complexity index is 139. The third-order valence-corrected chi connectivity index (χ3v) is 2.72. The number of hydrogen-bond donors (Lipinski definition) is 1. The fourth-order valence-corrected chi connectivity index (χ4v) is 1.93. The number of rotatable bonds is 5. The highest BCUT2D eigenvalue weighted by molar-refractivity contribution is 4.73. The Balaban J connectivity index is 2.13. The van der Waals surface area contributed by atoms with E-state index in [-0.39, 0.29) is 6.10 Å². The van der Waals surface area contributed by atoms with Crippen LogP contribution in [0.2, 0.25) is 0 Å². The molecule has 2 heteroatoms. The summed E-state index contributed by atoms with van der Waals surface area (Å²) in [5.41, 5.74) is 0. The van der Waals surface area contributed by atoms with Crippen molar-refractivity contribution in [2.24, 2.45) is 5.92 Å². The number of hydrogen-bond acceptors (Lipinski definition) is 2. The molecule has 1 unspecified atom stereocenters. The van der Waals surface area contributed by atoms with Crippen LogP contribution < -0.4 is 0 Å². The van der Waals surface area contributed by atoms with Gasteiger partial charge in [-0.1, -0.05) is 25.3 Å². The lowest BCUT2D eigenvalue weighted by Crippen LogP contribution is -2.27. The summed E-state index contributed by atoms with van der Waals surface area (Å²) in [5.74, 6) is 0.471. The van der Waals surface area contributed by atoms with Crippen molar-refractivity contribution in [2.75, 3.05) is 13.2 Å². The van der Waals surface area contributed by atoms with Crippen LogP contribution >= 0.6 is 0 Å². The van der Waals surface area contributed by atoms with Gasteiger partial charge >= 0.3 is 0 Å². The highest BCUT2D eigenvalue weighted by Gasteiger charge is 2.21. The van der Waals surface area contributed by atoms with Crippen LogP contribution in [0.1, 0.15) is 32.1 Å². The Kier molecular flexibility index (Phi) is 5.09. The molecule has 76 valence electrons. The Morgan fingerprint density at radius 3 is 2.69 bits per heavy atom. The van der Waals surface area contributed by atoms with Gasteiger partial charge in [0, 0.05) is 0 Å². The first-order chi connectivity index (χ1) is 6.34. The van der Waals surface area contributed by atoms with Crippen LogP contribution in [0.15, 0.2) is 12.7 Å². The molecule has 0 saturated heterocycles. The van der Waals surface area contributed by atoms with Gasteiger partial charge in [0.25, 0.3) is 0 Å². The van der Waals surface area contributed by atoms with E-state index in [1.807, 2.05) is 0 Å². The maximum absolute atomic E-state index is 9.74. The van der Waals surface area contributed by atoms with Gasteiger partial charge in [0.1, 0.15) is 0 Å². The predicted molar refractivity (Wildman–Crippen MR) is 53.6 cm³/mol. The van der Waals surface area contributed by atoms with E-state index in [9.17, 15) is 5.11 Å². The van der Waals surface area contributed by atoms with E-state index in [0.717, 1.165) is 0 Å². The first-order valence-electron chi connectivity index (χ1n) is 5.21. The topological polar surface area (TPSA) is 29.5 Å². The van der Waals surface area contributed by atoms with Gasteiger partial charge in [-0.3, -0.25) is 0 Å². The van der Waals surface area contributed by atoms with Gasteiger partial charge in [0.2, 0.25) is 0 Å². The smallest absolute Gasteiger partial charge is 0.0801 e. The second kappa shape index (κ2) is 6.17. The maximum Gasteiger partial charge on any atom is 0.0801 e. The lowest BCUT2D eigenvalue weighted by molar-refractivity contribution is 0.00344. The zero-order valence-corrected chi connectivity index (χ0v) is 8.24. The summed E-state index contributed by atoms with van der Waals surface area (Å²) in [6, 6.07) is 0. The van der Waals surface area contributed by atoms with Gasteiger partial charge in [0.15, 0.2) is 0 Å². The predicted octanol–water partition coefficient (Wildman–Crippen LogP) is 2.13. The molecule has 1 atom stereocenters. The third kappa shape index (κ3) is 3.92. The molecule has 0 aromatic carbocycles. The summed E-state index contributed by atoms with van der Waals surface area (Å²) in [4.78, 5) is 0. The minimum atomic E-state index is -0.264. The van der Waals surface area contributed by atoms with Gasteiger partial charge in [-0.15, -0.1) is 6.58 Å². The van der Waals surface area contributed by atoms with E-state index >= 15 is 0 Å². The molecule has 1 aliphatic carbocycles. The van der Waals surface area contributed by atoms with Crippen molar-refractivity contribution in [3.63, 3.8) is 0 Å². The summed E-state index contributed by atoms with van der Waals surface area (Å²) in [7, 11) is 0. The standard InChI is InChI=1S/C11H20O2/c1-2-8-13-9-11(12)10-6-4-3-5-7-10/h2,10-12H,1,3-9H2. The third-order valence-electron chi connectivity index (χ3n) is 2.72. The maximum atomic E-state index is 9.74. The average molecular weight is 184 g/mol.